The van der Waals surface area contributed by atoms with Gasteiger partial charge in [0.2, 0.25) is 0 Å². The quantitative estimate of drug-likeness (QED) is 0.415. The molecule has 0 aliphatic carbocycles. The van der Waals surface area contributed by atoms with Crippen molar-refractivity contribution in [1.82, 2.24) is 19.4 Å². The number of hydrogen-bond donors (Lipinski definition) is 2. The van der Waals surface area contributed by atoms with Gasteiger partial charge in [-0.2, -0.15) is 0 Å². The molecule has 27 heavy (non-hydrogen) atoms. The van der Waals surface area contributed by atoms with Gasteiger partial charge >= 0.3 is 0 Å². The van der Waals surface area contributed by atoms with E-state index in [9.17, 15) is 0 Å². The first-order valence-electron chi connectivity index (χ1n) is 8.35. The normalized spacial score (nSPS) is 10.9. The molecule has 4 aromatic rings. The average molecular weight is 361 g/mol. The summed E-state index contributed by atoms with van der Waals surface area (Å²) < 4.78 is 7.12. The van der Waals surface area contributed by atoms with Gasteiger partial charge in [-0.15, -0.1) is 0 Å². The van der Waals surface area contributed by atoms with E-state index >= 15 is 0 Å². The van der Waals surface area contributed by atoms with E-state index in [0.717, 1.165) is 22.5 Å². The number of ether oxygens (including phenoxy) is 1. The smallest absolute Gasteiger partial charge is 0.186 e. The summed E-state index contributed by atoms with van der Waals surface area (Å²) in [5, 5.41) is 1.49. The van der Waals surface area contributed by atoms with Crippen molar-refractivity contribution in [1.29, 1.82) is 0 Å². The molecule has 3 heterocycles. The van der Waals surface area contributed by atoms with Crippen LogP contribution < -0.4 is 21.3 Å². The fraction of sp³-hybridized carbons (Fsp3) is 0.105. The van der Waals surface area contributed by atoms with E-state index in [4.69, 9.17) is 16.3 Å². The summed E-state index contributed by atoms with van der Waals surface area (Å²) in [6.45, 7) is 0.430. The molecule has 4 rings (SSSR count). The molecule has 0 spiro atoms. The highest BCUT2D eigenvalue weighted by molar-refractivity contribution is 5.66. The Morgan fingerprint density at radius 2 is 1.93 bits per heavy atom. The second-order valence-electron chi connectivity index (χ2n) is 6.05. The van der Waals surface area contributed by atoms with E-state index in [2.05, 4.69) is 15.0 Å². The van der Waals surface area contributed by atoms with Gasteiger partial charge in [0.15, 0.2) is 11.6 Å². The zero-order chi connectivity index (χ0) is 18.8. The van der Waals surface area contributed by atoms with Gasteiger partial charge in [-0.1, -0.05) is 6.07 Å². The van der Waals surface area contributed by atoms with Crippen molar-refractivity contribution in [3.05, 3.63) is 66.7 Å². The van der Waals surface area contributed by atoms with Crippen molar-refractivity contribution in [2.75, 3.05) is 17.9 Å². The molecule has 0 radical (unpaired) electrons. The number of aromatic nitrogens is 4. The average Bonchev–Trinajstić information content (AvgIpc) is 3.16. The largest absolute Gasteiger partial charge is 0.497 e. The lowest BCUT2D eigenvalue weighted by Gasteiger charge is -2.19. The van der Waals surface area contributed by atoms with E-state index < -0.39 is 0 Å². The third-order valence-electron chi connectivity index (χ3n) is 4.24. The number of imidazole rings is 1. The zero-order valence-electron chi connectivity index (χ0n) is 14.8. The third-order valence-corrected chi connectivity index (χ3v) is 4.24. The highest BCUT2D eigenvalue weighted by atomic mass is 16.5. The van der Waals surface area contributed by atoms with Crippen LogP contribution in [0.25, 0.3) is 16.9 Å². The number of nitrogens with zero attached hydrogens (tertiary/aromatic N) is 5. The van der Waals surface area contributed by atoms with Crippen molar-refractivity contribution in [3.8, 4) is 17.0 Å². The Morgan fingerprint density at radius 3 is 2.70 bits per heavy atom. The Labute approximate surface area is 156 Å². The van der Waals surface area contributed by atoms with Crippen LogP contribution in [0.4, 0.5) is 11.6 Å². The van der Waals surface area contributed by atoms with Crippen LogP contribution in [0.2, 0.25) is 0 Å². The lowest BCUT2D eigenvalue weighted by Crippen LogP contribution is -2.32. The van der Waals surface area contributed by atoms with Gasteiger partial charge in [0.05, 0.1) is 25.5 Å². The zero-order valence-corrected chi connectivity index (χ0v) is 14.8. The number of nitrogens with two attached hydrogens (primary N) is 2. The van der Waals surface area contributed by atoms with E-state index in [1.165, 1.54) is 5.01 Å². The maximum atomic E-state index is 6.25. The Balaban J connectivity index is 1.61. The standard InChI is InChI=1S/C19H19N7O/c1-27-15-5-3-14(4-6-15)16-10-23-18(20)19(24-16)26(21)12-13-2-7-17-22-8-9-25(17)11-13/h2-11H,12,21H2,1H3,(H2,20,23). The van der Waals surface area contributed by atoms with E-state index in [0.29, 0.717) is 18.1 Å². The van der Waals surface area contributed by atoms with Crippen LogP contribution in [0.15, 0.2) is 61.2 Å². The molecule has 0 saturated heterocycles. The highest BCUT2D eigenvalue weighted by Gasteiger charge is 2.13. The minimum atomic E-state index is 0.276. The number of fused-ring (bicyclic) bond motifs is 1. The van der Waals surface area contributed by atoms with Crippen LogP contribution in [0.3, 0.4) is 0 Å². The number of benzene rings is 1. The molecule has 0 unspecified atom stereocenters. The maximum absolute atomic E-state index is 6.25. The van der Waals surface area contributed by atoms with Gasteiger partial charge in [-0.3, -0.25) is 5.01 Å². The molecule has 8 heteroatoms. The molecule has 136 valence electrons. The number of nitrogen functional groups attached to an aromatic ring is 1. The first kappa shape index (κ1) is 16.8. The summed E-state index contributed by atoms with van der Waals surface area (Å²) in [4.78, 5) is 13.1. The summed E-state index contributed by atoms with van der Waals surface area (Å²) in [6, 6.07) is 11.5. The van der Waals surface area contributed by atoms with Gasteiger partial charge < -0.3 is 14.9 Å². The molecule has 0 atom stereocenters. The van der Waals surface area contributed by atoms with E-state index in [1.807, 2.05) is 53.2 Å². The van der Waals surface area contributed by atoms with Crippen LogP contribution in [-0.2, 0) is 6.54 Å². The highest BCUT2D eigenvalue weighted by Crippen LogP contribution is 2.25. The van der Waals surface area contributed by atoms with Gasteiger partial charge in [0.1, 0.15) is 11.4 Å². The Hall–Kier alpha value is -3.65. The van der Waals surface area contributed by atoms with Gasteiger partial charge in [0.25, 0.3) is 0 Å². The minimum Gasteiger partial charge on any atom is -0.497 e. The Morgan fingerprint density at radius 1 is 1.11 bits per heavy atom. The van der Waals surface area contributed by atoms with Crippen molar-refractivity contribution in [2.45, 2.75) is 6.54 Å². The molecule has 1 aromatic carbocycles. The molecule has 4 N–H and O–H groups in total. The monoisotopic (exact) mass is 361 g/mol. The van der Waals surface area contributed by atoms with E-state index in [-0.39, 0.29) is 5.82 Å². The van der Waals surface area contributed by atoms with Crippen molar-refractivity contribution in [3.63, 3.8) is 0 Å². The second kappa shape index (κ2) is 6.93. The summed E-state index contributed by atoms with van der Waals surface area (Å²) in [7, 11) is 1.63. The molecule has 0 fully saturated rings. The van der Waals surface area contributed by atoms with E-state index in [1.54, 1.807) is 19.5 Å². The van der Waals surface area contributed by atoms with Crippen LogP contribution in [-0.4, -0.2) is 26.5 Å². The lowest BCUT2D eigenvalue weighted by molar-refractivity contribution is 0.415. The summed E-state index contributed by atoms with van der Waals surface area (Å²) in [5.74, 6) is 7.72. The molecule has 0 bridgehead atoms. The molecule has 8 nitrogen and oxygen atoms in total. The molecular formula is C19H19N7O. The fourth-order valence-electron chi connectivity index (χ4n) is 2.83. The van der Waals surface area contributed by atoms with Gasteiger partial charge in [-0.05, 0) is 35.9 Å². The van der Waals surface area contributed by atoms with Gasteiger partial charge in [-0.25, -0.2) is 20.8 Å². The first-order chi connectivity index (χ1) is 13.1. The number of rotatable bonds is 5. The number of methoxy groups -OCH3 is 1. The maximum Gasteiger partial charge on any atom is 0.186 e. The van der Waals surface area contributed by atoms with Crippen LogP contribution in [0.5, 0.6) is 5.75 Å². The summed E-state index contributed by atoms with van der Waals surface area (Å²) >= 11 is 0. The molecule has 0 saturated carbocycles. The lowest BCUT2D eigenvalue weighted by atomic mass is 10.1. The SMILES string of the molecule is COc1ccc(-c2cnc(N)c(N(N)Cc3ccc4nccn4c3)n2)cc1. The summed E-state index contributed by atoms with van der Waals surface area (Å²) in [5.41, 5.74) is 9.47. The Kier molecular flexibility index (Phi) is 4.31. The molecule has 0 aliphatic rings. The topological polar surface area (TPSA) is 108 Å². The predicted molar refractivity (Wildman–Crippen MR) is 104 cm³/mol. The summed E-state index contributed by atoms with van der Waals surface area (Å²) in [6.07, 6.45) is 7.24. The number of hydrazine groups is 1. The predicted octanol–water partition coefficient (Wildman–Crippen LogP) is 2.26. The number of anilines is 2. The molecule has 0 amide bonds. The van der Waals surface area contributed by atoms with Crippen LogP contribution in [0.1, 0.15) is 5.56 Å². The molecule has 0 aliphatic heterocycles. The number of hydrogen-bond acceptors (Lipinski definition) is 7. The van der Waals surface area contributed by atoms with Crippen molar-refractivity contribution in [2.24, 2.45) is 5.84 Å². The third kappa shape index (κ3) is 3.38. The Bertz CT molecular complexity index is 1080. The van der Waals surface area contributed by atoms with Gasteiger partial charge in [0, 0.05) is 24.2 Å². The first-order valence-corrected chi connectivity index (χ1v) is 8.35. The minimum absolute atomic E-state index is 0.276. The van der Waals surface area contributed by atoms with Crippen LogP contribution >= 0.6 is 0 Å². The second-order valence-corrected chi connectivity index (χ2v) is 6.05. The van der Waals surface area contributed by atoms with Crippen molar-refractivity contribution < 1.29 is 4.74 Å². The molecular weight excluding hydrogens is 342 g/mol. The van der Waals surface area contributed by atoms with Crippen molar-refractivity contribution >= 4 is 17.3 Å². The fourth-order valence-corrected chi connectivity index (χ4v) is 2.83. The van der Waals surface area contributed by atoms with Crippen LogP contribution in [0, 0.1) is 0 Å². The molecule has 3 aromatic heterocycles. The number of pyridine rings is 1.